The van der Waals surface area contributed by atoms with Gasteiger partial charge in [0.05, 0.1) is 6.61 Å². The zero-order valence-corrected chi connectivity index (χ0v) is 35.0. The van der Waals surface area contributed by atoms with E-state index in [1.54, 1.807) is 0 Å². The first-order valence-corrected chi connectivity index (χ1v) is 22.8. The van der Waals surface area contributed by atoms with Crippen LogP contribution < -0.4 is 0 Å². The first-order chi connectivity index (χ1) is 26.3. The summed E-state index contributed by atoms with van der Waals surface area (Å²) in [6.07, 6.45) is 52.0. The number of esters is 2. The third-order valence-electron chi connectivity index (χ3n) is 8.71. The Bertz CT molecular complexity index is 1100. The molecule has 1 atom stereocenters. The number of hydrogen-bond donors (Lipinski definition) is 2. The molecule has 0 aromatic carbocycles. The molecule has 54 heavy (non-hydrogen) atoms. The van der Waals surface area contributed by atoms with Crippen LogP contribution in [-0.4, -0.2) is 41.0 Å². The fraction of sp³-hybridized carbons (Fsp3) is 0.689. The lowest BCUT2D eigenvalue weighted by Crippen LogP contribution is -2.29. The number of carbonyl (C=O) groups is 2. The van der Waals surface area contributed by atoms with Crippen molar-refractivity contribution in [3.8, 4) is 0 Å². The standard InChI is InChI=1S/C45H77O8P/c1-3-5-7-9-11-13-15-17-19-21-22-24-25-27-29-31-33-35-37-39-44(46)51-41-43(42-52-54(48,49)50)53-45(47)40-38-36-34-32-30-28-26-23-20-18-16-14-12-10-8-6-4-2/h11,13,17-20,22,24,27,29,33,35,43H,3-10,12,14-16,21,23,25-26,28,30-32,34,36-42H2,1-2H3,(H2,48,49,50)/b13-11+,19-17+,20-18+,24-22+,29-27+,35-33+/t43-/m1/s1. The molecule has 0 aliphatic rings. The van der Waals surface area contributed by atoms with Crippen LogP contribution in [0.5, 0.6) is 0 Å². The maximum absolute atomic E-state index is 12.4. The van der Waals surface area contributed by atoms with Gasteiger partial charge >= 0.3 is 19.8 Å². The molecule has 0 spiro atoms. The summed E-state index contributed by atoms with van der Waals surface area (Å²) in [5.41, 5.74) is 0. The average Bonchev–Trinajstić information content (AvgIpc) is 3.14. The van der Waals surface area contributed by atoms with Gasteiger partial charge in [-0.15, -0.1) is 0 Å². The van der Waals surface area contributed by atoms with Crippen LogP contribution in [0.2, 0.25) is 0 Å². The van der Waals surface area contributed by atoms with Gasteiger partial charge in [0.15, 0.2) is 6.10 Å². The lowest BCUT2D eigenvalue weighted by Gasteiger charge is -2.18. The molecule has 0 heterocycles. The number of allylic oxidation sites excluding steroid dienone is 12. The fourth-order valence-electron chi connectivity index (χ4n) is 5.53. The second-order valence-electron chi connectivity index (χ2n) is 14.0. The molecule has 0 bridgehead atoms. The second-order valence-corrected chi connectivity index (χ2v) is 15.2. The van der Waals surface area contributed by atoms with E-state index in [1.807, 2.05) is 12.2 Å². The Kier molecular flexibility index (Phi) is 38.3. The number of ether oxygens (including phenoxy) is 2. The SMILES string of the molecule is CCCCC/C=C/C/C=C/C/C=C/C/C=C/C/C=C/CCC(=O)OC[C@H](COP(=O)(O)O)OC(=O)CCCCCCCCC/C=C/CCCCCCCC. The molecule has 8 nitrogen and oxygen atoms in total. The Labute approximate surface area is 329 Å². The molecule has 0 aromatic rings. The summed E-state index contributed by atoms with van der Waals surface area (Å²) < 4.78 is 26.3. The van der Waals surface area contributed by atoms with Gasteiger partial charge in [-0.3, -0.25) is 14.1 Å². The van der Waals surface area contributed by atoms with E-state index in [2.05, 4.69) is 79.1 Å². The molecule has 0 unspecified atom stereocenters. The van der Waals surface area contributed by atoms with E-state index in [-0.39, 0.29) is 19.4 Å². The van der Waals surface area contributed by atoms with E-state index in [4.69, 9.17) is 19.3 Å². The van der Waals surface area contributed by atoms with Gasteiger partial charge in [-0.1, -0.05) is 164 Å². The van der Waals surface area contributed by atoms with Gasteiger partial charge < -0.3 is 19.3 Å². The van der Waals surface area contributed by atoms with Crippen molar-refractivity contribution in [2.75, 3.05) is 13.2 Å². The minimum atomic E-state index is -4.77. The van der Waals surface area contributed by atoms with E-state index in [9.17, 15) is 14.2 Å². The van der Waals surface area contributed by atoms with Crippen molar-refractivity contribution in [3.05, 3.63) is 72.9 Å². The maximum Gasteiger partial charge on any atom is 0.469 e. The molecule has 2 N–H and O–H groups in total. The maximum atomic E-state index is 12.4. The second kappa shape index (κ2) is 40.2. The van der Waals surface area contributed by atoms with Crippen LogP contribution in [0.4, 0.5) is 0 Å². The number of rotatable bonds is 38. The minimum absolute atomic E-state index is 0.140. The average molecular weight is 777 g/mol. The highest BCUT2D eigenvalue weighted by Crippen LogP contribution is 2.36. The van der Waals surface area contributed by atoms with Crippen LogP contribution in [0.25, 0.3) is 0 Å². The van der Waals surface area contributed by atoms with Crippen LogP contribution in [0.1, 0.15) is 181 Å². The van der Waals surface area contributed by atoms with Gasteiger partial charge in [0.1, 0.15) is 6.61 Å². The van der Waals surface area contributed by atoms with Crippen molar-refractivity contribution in [1.29, 1.82) is 0 Å². The highest BCUT2D eigenvalue weighted by Gasteiger charge is 2.22. The predicted octanol–water partition coefficient (Wildman–Crippen LogP) is 13.1. The number of unbranched alkanes of at least 4 members (excludes halogenated alkanes) is 16. The fourth-order valence-corrected chi connectivity index (χ4v) is 5.89. The van der Waals surface area contributed by atoms with E-state index >= 15 is 0 Å². The monoisotopic (exact) mass is 777 g/mol. The molecule has 9 heteroatoms. The molecule has 0 saturated carbocycles. The smallest absolute Gasteiger partial charge is 0.462 e. The Morgan fingerprint density at radius 3 is 1.37 bits per heavy atom. The molecule has 0 radical (unpaired) electrons. The van der Waals surface area contributed by atoms with Crippen molar-refractivity contribution in [3.63, 3.8) is 0 Å². The van der Waals surface area contributed by atoms with Crippen molar-refractivity contribution >= 4 is 19.8 Å². The van der Waals surface area contributed by atoms with E-state index in [0.29, 0.717) is 12.8 Å². The molecule has 0 aliphatic heterocycles. The Morgan fingerprint density at radius 2 is 0.870 bits per heavy atom. The lowest BCUT2D eigenvalue weighted by atomic mass is 10.1. The van der Waals surface area contributed by atoms with E-state index in [1.165, 1.54) is 89.9 Å². The van der Waals surface area contributed by atoms with Crippen LogP contribution in [0.15, 0.2) is 72.9 Å². The quantitative estimate of drug-likeness (QED) is 0.0275. The normalized spacial score (nSPS) is 13.2. The first-order valence-electron chi connectivity index (χ1n) is 21.2. The van der Waals surface area contributed by atoms with Crippen molar-refractivity contribution < 1.29 is 37.9 Å². The predicted molar refractivity (Wildman–Crippen MR) is 225 cm³/mol. The van der Waals surface area contributed by atoms with Crippen molar-refractivity contribution in [2.45, 2.75) is 187 Å². The molecule has 0 aromatic heterocycles. The lowest BCUT2D eigenvalue weighted by molar-refractivity contribution is -0.161. The molecular weight excluding hydrogens is 699 g/mol. The number of carbonyl (C=O) groups excluding carboxylic acids is 2. The topological polar surface area (TPSA) is 119 Å². The summed E-state index contributed by atoms with van der Waals surface area (Å²) >= 11 is 0. The third kappa shape index (κ3) is 42.2. The summed E-state index contributed by atoms with van der Waals surface area (Å²) in [7, 11) is -4.77. The molecule has 0 amide bonds. The molecule has 0 saturated heterocycles. The molecule has 310 valence electrons. The first kappa shape index (κ1) is 51.5. The van der Waals surface area contributed by atoms with Crippen LogP contribution >= 0.6 is 7.82 Å². The Hall–Kier alpha value is -2.51. The van der Waals surface area contributed by atoms with Crippen LogP contribution in [0.3, 0.4) is 0 Å². The van der Waals surface area contributed by atoms with Gasteiger partial charge in [-0.25, -0.2) is 4.57 Å². The zero-order valence-electron chi connectivity index (χ0n) is 34.1. The third-order valence-corrected chi connectivity index (χ3v) is 9.20. The summed E-state index contributed by atoms with van der Waals surface area (Å²) in [6.45, 7) is 3.58. The highest BCUT2D eigenvalue weighted by molar-refractivity contribution is 7.46. The minimum Gasteiger partial charge on any atom is -0.462 e. The van der Waals surface area contributed by atoms with E-state index in [0.717, 1.165) is 51.4 Å². The van der Waals surface area contributed by atoms with Crippen molar-refractivity contribution in [1.82, 2.24) is 0 Å². The summed E-state index contributed by atoms with van der Waals surface area (Å²) in [4.78, 5) is 42.8. The summed E-state index contributed by atoms with van der Waals surface area (Å²) in [5, 5.41) is 0. The van der Waals surface area contributed by atoms with E-state index < -0.39 is 32.5 Å². The van der Waals surface area contributed by atoms with Crippen molar-refractivity contribution in [2.24, 2.45) is 0 Å². The number of phosphoric acid groups is 1. The van der Waals surface area contributed by atoms with Gasteiger partial charge in [0, 0.05) is 12.8 Å². The molecule has 0 rings (SSSR count). The molecule has 0 aliphatic carbocycles. The van der Waals surface area contributed by atoms with Gasteiger partial charge in [-0.05, 0) is 77.0 Å². The van der Waals surface area contributed by atoms with Crippen LogP contribution in [-0.2, 0) is 28.2 Å². The Morgan fingerprint density at radius 1 is 0.481 bits per heavy atom. The van der Waals surface area contributed by atoms with Gasteiger partial charge in [0.2, 0.25) is 0 Å². The van der Waals surface area contributed by atoms with Gasteiger partial charge in [0.25, 0.3) is 0 Å². The van der Waals surface area contributed by atoms with Crippen LogP contribution in [0, 0.1) is 0 Å². The summed E-state index contributed by atoms with van der Waals surface area (Å²) in [6, 6.07) is 0. The highest BCUT2D eigenvalue weighted by atomic mass is 31.2. The Balaban J connectivity index is 4.06. The van der Waals surface area contributed by atoms with Gasteiger partial charge in [-0.2, -0.15) is 0 Å². The number of phosphoric ester groups is 1. The largest absolute Gasteiger partial charge is 0.469 e. The molecule has 0 fully saturated rings. The zero-order chi connectivity index (χ0) is 39.6. The molecular formula is C45H77O8P. The summed E-state index contributed by atoms with van der Waals surface area (Å²) in [5.74, 6) is -0.989. The number of hydrogen-bond acceptors (Lipinski definition) is 6.